The zero-order valence-corrected chi connectivity index (χ0v) is 21.9. The van der Waals surface area contributed by atoms with E-state index in [-0.39, 0.29) is 23.8 Å². The number of anilines is 1. The van der Waals surface area contributed by atoms with Crippen LogP contribution in [0.5, 0.6) is 0 Å². The number of alkyl halides is 3. The normalized spacial score (nSPS) is 20.8. The van der Waals surface area contributed by atoms with Gasteiger partial charge in [0.1, 0.15) is 11.5 Å². The summed E-state index contributed by atoms with van der Waals surface area (Å²) in [6.45, 7) is 3.70. The summed E-state index contributed by atoms with van der Waals surface area (Å²) in [5.41, 5.74) is 4.08. The Morgan fingerprint density at radius 2 is 1.92 bits per heavy atom. The first-order valence-electron chi connectivity index (χ1n) is 11.5. The molecule has 0 radical (unpaired) electrons. The summed E-state index contributed by atoms with van der Waals surface area (Å²) in [4.78, 5) is 34.9. The smallest absolute Gasteiger partial charge is 0.368 e. The average molecular weight is 561 g/mol. The highest BCUT2D eigenvalue weighted by Gasteiger charge is 2.49. The Hall–Kier alpha value is -2.78. The van der Waals surface area contributed by atoms with E-state index < -0.39 is 50.9 Å². The van der Waals surface area contributed by atoms with Crippen LogP contribution < -0.4 is 15.8 Å². The van der Waals surface area contributed by atoms with Crippen LogP contribution in [0.15, 0.2) is 18.3 Å². The molecule has 2 aliphatic rings. The molecule has 1 aliphatic heterocycles. The monoisotopic (exact) mass is 560 g/mol. The Balaban J connectivity index is 1.51. The molecule has 4 rings (SSSR count). The third-order valence-corrected chi connectivity index (χ3v) is 9.70. The zero-order valence-electron chi connectivity index (χ0n) is 20.3. The molecule has 15 heteroatoms. The number of nitrogens with one attached hydrogen (secondary N) is 2. The van der Waals surface area contributed by atoms with Gasteiger partial charge in [-0.2, -0.15) is 13.2 Å². The number of nitrogens with two attached hydrogens (primary N) is 1. The van der Waals surface area contributed by atoms with Crippen LogP contribution in [0.1, 0.15) is 44.5 Å². The topological polar surface area (TPSA) is 147 Å². The first kappa shape index (κ1) is 27.3. The number of hydrogen-bond donors (Lipinski definition) is 3. The van der Waals surface area contributed by atoms with Gasteiger partial charge in [0.05, 0.1) is 21.5 Å². The van der Waals surface area contributed by atoms with Crippen LogP contribution in [-0.2, 0) is 20.2 Å². The van der Waals surface area contributed by atoms with Gasteiger partial charge in [-0.25, -0.2) is 22.9 Å². The SMILES string of the molecule is Cc1nc(NC(=O)N2C[C@H](NS(=O)(=O)C3CC3)C[C@H]2C(N)=O)sc1-c1ccnc(C(C)(C)C(F)(F)F)c1. The molecule has 2 fully saturated rings. The fourth-order valence-electron chi connectivity index (χ4n) is 4.06. The lowest BCUT2D eigenvalue weighted by Gasteiger charge is -2.27. The first-order valence-corrected chi connectivity index (χ1v) is 13.9. The summed E-state index contributed by atoms with van der Waals surface area (Å²) in [6.07, 6.45) is -2.02. The van der Waals surface area contributed by atoms with Crippen molar-refractivity contribution in [3.63, 3.8) is 0 Å². The Kier molecular flexibility index (Phi) is 7.01. The molecular formula is C22H27F3N6O4S2. The molecule has 1 aliphatic carbocycles. The fraction of sp³-hybridized carbons (Fsp3) is 0.545. The van der Waals surface area contributed by atoms with Crippen molar-refractivity contribution in [2.75, 3.05) is 11.9 Å². The van der Waals surface area contributed by atoms with Crippen molar-refractivity contribution in [1.82, 2.24) is 19.6 Å². The number of likely N-dealkylation sites (tertiary alicyclic amines) is 1. The van der Waals surface area contributed by atoms with Crippen molar-refractivity contribution in [1.29, 1.82) is 0 Å². The first-order chi connectivity index (χ1) is 17.1. The molecule has 4 N–H and O–H groups in total. The number of amides is 3. The van der Waals surface area contributed by atoms with Gasteiger partial charge in [-0.3, -0.25) is 15.1 Å². The van der Waals surface area contributed by atoms with Crippen molar-refractivity contribution < 1.29 is 31.2 Å². The minimum absolute atomic E-state index is 0.0473. The van der Waals surface area contributed by atoms with E-state index in [1.54, 1.807) is 13.0 Å². The van der Waals surface area contributed by atoms with Crippen LogP contribution in [0, 0.1) is 6.92 Å². The summed E-state index contributed by atoms with van der Waals surface area (Å²) in [6, 6.07) is 0.544. The van der Waals surface area contributed by atoms with Gasteiger partial charge in [-0.15, -0.1) is 0 Å². The molecule has 1 saturated carbocycles. The number of carbonyl (C=O) groups is 2. The van der Waals surface area contributed by atoms with Crippen LogP contribution >= 0.6 is 11.3 Å². The summed E-state index contributed by atoms with van der Waals surface area (Å²) < 4.78 is 67.6. The third kappa shape index (κ3) is 5.57. The fourth-order valence-corrected chi connectivity index (χ4v) is 6.60. The Labute approximate surface area is 215 Å². The summed E-state index contributed by atoms with van der Waals surface area (Å²) >= 11 is 1.05. The van der Waals surface area contributed by atoms with Crippen LogP contribution in [0.25, 0.3) is 10.4 Å². The minimum Gasteiger partial charge on any atom is -0.368 e. The predicted molar refractivity (Wildman–Crippen MR) is 131 cm³/mol. The number of carbonyl (C=O) groups excluding carboxylic acids is 2. The number of aromatic nitrogens is 2. The second-order valence-electron chi connectivity index (χ2n) is 9.78. The number of halogens is 3. The molecular weight excluding hydrogens is 533 g/mol. The number of hydrogen-bond acceptors (Lipinski definition) is 7. The van der Waals surface area contributed by atoms with Gasteiger partial charge in [0.2, 0.25) is 15.9 Å². The quantitative estimate of drug-likeness (QED) is 0.475. The van der Waals surface area contributed by atoms with E-state index >= 15 is 0 Å². The van der Waals surface area contributed by atoms with Crippen LogP contribution in [0.2, 0.25) is 0 Å². The highest BCUT2D eigenvalue weighted by atomic mass is 32.2. The largest absolute Gasteiger partial charge is 0.399 e. The number of sulfonamides is 1. The van der Waals surface area contributed by atoms with Gasteiger partial charge < -0.3 is 10.6 Å². The summed E-state index contributed by atoms with van der Waals surface area (Å²) in [5.74, 6) is -0.768. The maximum Gasteiger partial charge on any atom is 0.399 e. The molecule has 202 valence electrons. The molecule has 10 nitrogen and oxygen atoms in total. The van der Waals surface area contributed by atoms with E-state index in [1.807, 2.05) is 0 Å². The maximum absolute atomic E-state index is 13.5. The molecule has 0 unspecified atom stereocenters. The van der Waals surface area contributed by atoms with Crippen molar-refractivity contribution in [2.24, 2.45) is 5.73 Å². The van der Waals surface area contributed by atoms with Crippen molar-refractivity contribution in [3.05, 3.63) is 29.7 Å². The molecule has 0 spiro atoms. The number of rotatable bonds is 7. The lowest BCUT2D eigenvalue weighted by atomic mass is 9.87. The second kappa shape index (κ2) is 9.51. The Morgan fingerprint density at radius 3 is 2.51 bits per heavy atom. The van der Waals surface area contributed by atoms with Crippen LogP contribution in [-0.4, -0.2) is 65.3 Å². The van der Waals surface area contributed by atoms with E-state index in [9.17, 15) is 31.2 Å². The van der Waals surface area contributed by atoms with Gasteiger partial charge in [0, 0.05) is 18.8 Å². The lowest BCUT2D eigenvalue weighted by molar-refractivity contribution is -0.181. The van der Waals surface area contributed by atoms with E-state index in [2.05, 4.69) is 20.0 Å². The van der Waals surface area contributed by atoms with E-state index in [1.165, 1.54) is 12.3 Å². The Bertz CT molecular complexity index is 1320. The third-order valence-electron chi connectivity index (χ3n) is 6.57. The van der Waals surface area contributed by atoms with Crippen molar-refractivity contribution >= 4 is 38.4 Å². The van der Waals surface area contributed by atoms with Gasteiger partial charge >= 0.3 is 12.2 Å². The zero-order chi connectivity index (χ0) is 27.3. The predicted octanol–water partition coefficient (Wildman–Crippen LogP) is 2.90. The molecule has 0 aromatic carbocycles. The van der Waals surface area contributed by atoms with E-state index in [4.69, 9.17) is 5.73 Å². The molecule has 3 heterocycles. The van der Waals surface area contributed by atoms with Gasteiger partial charge in [0.25, 0.3) is 0 Å². The summed E-state index contributed by atoms with van der Waals surface area (Å²) in [5, 5.41) is 2.31. The second-order valence-corrected chi connectivity index (χ2v) is 12.8. The highest BCUT2D eigenvalue weighted by molar-refractivity contribution is 7.90. The molecule has 2 aromatic heterocycles. The van der Waals surface area contributed by atoms with Gasteiger partial charge in [-0.1, -0.05) is 11.3 Å². The number of pyridine rings is 1. The molecule has 1 saturated heterocycles. The molecule has 0 bridgehead atoms. The maximum atomic E-state index is 13.5. The number of primary amides is 1. The summed E-state index contributed by atoms with van der Waals surface area (Å²) in [7, 11) is -3.53. The van der Waals surface area contributed by atoms with Gasteiger partial charge in [-0.05, 0) is 57.7 Å². The minimum atomic E-state index is -4.50. The molecule has 37 heavy (non-hydrogen) atoms. The number of nitrogens with zero attached hydrogens (tertiary/aromatic N) is 3. The lowest BCUT2D eigenvalue weighted by Crippen LogP contribution is -2.46. The van der Waals surface area contributed by atoms with E-state index in [0.29, 0.717) is 29.0 Å². The average Bonchev–Trinajstić information content (AvgIpc) is 3.49. The van der Waals surface area contributed by atoms with Crippen LogP contribution in [0.3, 0.4) is 0 Å². The van der Waals surface area contributed by atoms with Gasteiger partial charge in [0.15, 0.2) is 5.13 Å². The highest BCUT2D eigenvalue weighted by Crippen LogP contribution is 2.41. The number of aryl methyl sites for hydroxylation is 1. The Morgan fingerprint density at radius 1 is 1.24 bits per heavy atom. The standard InChI is InChI=1S/C22H27F3N6O4S2/c1-11-17(12-6-7-27-16(8-12)21(2,3)22(23,24)25)36-19(28-11)29-20(33)31-10-13(9-15(31)18(26)32)30-37(34,35)14-4-5-14/h6-8,13-15,30H,4-5,9-10H2,1-3H3,(H2,26,32)(H,28,29,33)/t13-,15+/m1/s1. The number of urea groups is 1. The van der Waals surface area contributed by atoms with E-state index in [0.717, 1.165) is 30.1 Å². The van der Waals surface area contributed by atoms with Crippen molar-refractivity contribution in [3.8, 4) is 10.4 Å². The molecule has 3 amide bonds. The molecule has 2 aromatic rings. The molecule has 2 atom stereocenters. The van der Waals surface area contributed by atoms with Crippen LogP contribution in [0.4, 0.5) is 23.1 Å². The van der Waals surface area contributed by atoms with Crippen molar-refractivity contribution in [2.45, 2.75) is 69.0 Å². The number of thiazole rings is 1.